The van der Waals surface area contributed by atoms with Crippen molar-refractivity contribution in [3.63, 3.8) is 0 Å². The van der Waals surface area contributed by atoms with Gasteiger partial charge in [-0.1, -0.05) is 44.1 Å². The number of hydrogen-bond donors (Lipinski definition) is 2. The van der Waals surface area contributed by atoms with Crippen molar-refractivity contribution in [1.29, 1.82) is 0 Å². The van der Waals surface area contributed by atoms with Crippen LogP contribution >= 0.6 is 0 Å². The highest BCUT2D eigenvalue weighted by Crippen LogP contribution is 2.67. The molecule has 0 heterocycles. The van der Waals surface area contributed by atoms with Gasteiger partial charge in [-0.05, 0) is 112 Å². The van der Waals surface area contributed by atoms with Gasteiger partial charge in [0.15, 0.2) is 0 Å². The third-order valence-electron chi connectivity index (χ3n) is 9.94. The van der Waals surface area contributed by atoms with E-state index >= 15 is 0 Å². The van der Waals surface area contributed by atoms with E-state index in [1.807, 2.05) is 0 Å². The summed E-state index contributed by atoms with van der Waals surface area (Å²) in [6, 6.07) is 0. The molecular weight excluding hydrogens is 356 g/mol. The summed E-state index contributed by atoms with van der Waals surface area (Å²) in [4.78, 5) is 0. The van der Waals surface area contributed by atoms with E-state index in [1.165, 1.54) is 36.8 Å². The average molecular weight is 401 g/mol. The molecule has 0 saturated heterocycles. The first-order chi connectivity index (χ1) is 13.7. The summed E-state index contributed by atoms with van der Waals surface area (Å²) in [5.41, 5.74) is 3.28. The number of hydrogen-bond acceptors (Lipinski definition) is 2. The Kier molecular flexibility index (Phi) is 5.84. The molecule has 0 aliphatic heterocycles. The molecule has 4 aliphatic carbocycles. The van der Waals surface area contributed by atoms with Crippen molar-refractivity contribution in [2.45, 2.75) is 105 Å². The Morgan fingerprint density at radius 1 is 1.21 bits per heavy atom. The molecule has 4 rings (SSSR count). The summed E-state index contributed by atoms with van der Waals surface area (Å²) >= 11 is 0. The lowest BCUT2D eigenvalue weighted by Gasteiger charge is -2.60. The first-order valence-corrected chi connectivity index (χ1v) is 12.4. The van der Waals surface area contributed by atoms with Crippen LogP contribution in [0.3, 0.4) is 0 Å². The molecule has 164 valence electrons. The minimum absolute atomic E-state index is 0.107. The lowest BCUT2D eigenvalue weighted by Crippen LogP contribution is -2.56. The fourth-order valence-corrected chi connectivity index (χ4v) is 8.58. The van der Waals surface area contributed by atoms with Gasteiger partial charge in [0.2, 0.25) is 0 Å². The van der Waals surface area contributed by atoms with Crippen LogP contribution in [0, 0.1) is 40.4 Å². The van der Waals surface area contributed by atoms with Crippen molar-refractivity contribution in [3.05, 3.63) is 23.3 Å². The molecule has 1 unspecified atom stereocenters. The molecule has 0 amide bonds. The van der Waals surface area contributed by atoms with E-state index in [0.29, 0.717) is 17.3 Å². The van der Waals surface area contributed by atoms with Crippen LogP contribution in [0.1, 0.15) is 92.4 Å². The number of allylic oxidation sites excluding steroid dienone is 3. The molecule has 29 heavy (non-hydrogen) atoms. The molecular formula is C27H44O2. The Morgan fingerprint density at radius 2 is 1.97 bits per heavy atom. The fraction of sp³-hybridized carbons (Fsp3) is 0.852. The van der Waals surface area contributed by atoms with Gasteiger partial charge >= 0.3 is 0 Å². The van der Waals surface area contributed by atoms with Gasteiger partial charge in [0, 0.05) is 0 Å². The van der Waals surface area contributed by atoms with Crippen molar-refractivity contribution in [2.24, 2.45) is 40.4 Å². The van der Waals surface area contributed by atoms with Crippen molar-refractivity contribution in [1.82, 2.24) is 0 Å². The maximum Gasteiger partial charge on any atom is 0.0585 e. The Bertz CT molecular complexity index is 674. The predicted octanol–water partition coefficient (Wildman–Crippen LogP) is 6.28. The highest BCUT2D eigenvalue weighted by molar-refractivity contribution is 5.26. The highest BCUT2D eigenvalue weighted by Gasteiger charge is 2.61. The monoisotopic (exact) mass is 400 g/mol. The van der Waals surface area contributed by atoms with Gasteiger partial charge in [0.1, 0.15) is 0 Å². The van der Waals surface area contributed by atoms with Crippen molar-refractivity contribution in [3.8, 4) is 0 Å². The van der Waals surface area contributed by atoms with Gasteiger partial charge in [-0.3, -0.25) is 0 Å². The summed E-state index contributed by atoms with van der Waals surface area (Å²) in [7, 11) is 0. The van der Waals surface area contributed by atoms with Crippen molar-refractivity contribution < 1.29 is 10.2 Å². The second-order valence-electron chi connectivity index (χ2n) is 11.9. The Balaban J connectivity index is 1.56. The smallest absolute Gasteiger partial charge is 0.0585 e. The van der Waals surface area contributed by atoms with Crippen LogP contribution in [0.5, 0.6) is 0 Å². The number of fused-ring (bicyclic) bond motifs is 5. The van der Waals surface area contributed by atoms with Crippen LogP contribution in [0.2, 0.25) is 0 Å². The molecule has 2 nitrogen and oxygen atoms in total. The molecule has 0 aromatic carbocycles. The first kappa shape index (κ1) is 21.6. The lowest BCUT2D eigenvalue weighted by molar-refractivity contribution is -0.129. The van der Waals surface area contributed by atoms with Crippen LogP contribution in [-0.2, 0) is 0 Å². The second-order valence-corrected chi connectivity index (χ2v) is 11.9. The maximum absolute atomic E-state index is 11.5. The Labute approximate surface area is 178 Å². The first-order valence-electron chi connectivity index (χ1n) is 12.4. The molecule has 0 bridgehead atoms. The van der Waals surface area contributed by atoms with Crippen LogP contribution in [0.25, 0.3) is 0 Å². The quantitative estimate of drug-likeness (QED) is 0.545. The van der Waals surface area contributed by atoms with E-state index in [2.05, 4.69) is 46.8 Å². The third kappa shape index (κ3) is 3.57. The zero-order valence-corrected chi connectivity index (χ0v) is 19.5. The van der Waals surface area contributed by atoms with Gasteiger partial charge in [-0.25, -0.2) is 0 Å². The van der Waals surface area contributed by atoms with Gasteiger partial charge in [-0.15, -0.1) is 0 Å². The Hall–Kier alpha value is -0.600. The second kappa shape index (κ2) is 7.83. The zero-order valence-electron chi connectivity index (χ0n) is 19.5. The van der Waals surface area contributed by atoms with Crippen LogP contribution in [-0.4, -0.2) is 22.4 Å². The summed E-state index contributed by atoms with van der Waals surface area (Å²) in [6.07, 6.45) is 14.6. The summed E-state index contributed by atoms with van der Waals surface area (Å²) in [5.74, 6) is 3.27. The molecule has 2 N–H and O–H groups in total. The van der Waals surface area contributed by atoms with E-state index in [9.17, 15) is 10.2 Å². The SMILES string of the molecule is CC(C)=CCC[C@@H](C)[C@H]1CC[C@H]2[C@@H]3CC=C4CC(O)CC[C@]4(C)[C@H]3[C@H](O)C[C@]12C. The normalized spacial score (nSPS) is 47.5. The van der Waals surface area contributed by atoms with E-state index in [-0.39, 0.29) is 17.6 Å². The lowest BCUT2D eigenvalue weighted by atomic mass is 9.46. The molecule has 2 heteroatoms. The molecule has 0 aromatic heterocycles. The van der Waals surface area contributed by atoms with Crippen LogP contribution < -0.4 is 0 Å². The van der Waals surface area contributed by atoms with Crippen LogP contribution in [0.4, 0.5) is 0 Å². The molecule has 4 aliphatic rings. The standard InChI is InChI=1S/C27H44O2/c1-17(2)7-6-8-18(3)22-11-12-23-21-10-9-19-15-20(28)13-14-26(19,4)25(21)24(29)16-27(22,23)5/h7,9,18,20-25,28-29H,6,8,10-16H2,1-5H3/t18-,20?,21+,22-,23+,24-,25-,26+,27-/m1/s1. The fourth-order valence-electron chi connectivity index (χ4n) is 8.58. The Morgan fingerprint density at radius 3 is 2.69 bits per heavy atom. The largest absolute Gasteiger partial charge is 0.393 e. The number of aliphatic hydroxyl groups is 2. The van der Waals surface area contributed by atoms with Gasteiger partial charge in [0.25, 0.3) is 0 Å². The summed E-state index contributed by atoms with van der Waals surface area (Å²) in [5, 5.41) is 21.7. The molecule has 0 radical (unpaired) electrons. The molecule has 9 atom stereocenters. The minimum Gasteiger partial charge on any atom is -0.393 e. The topological polar surface area (TPSA) is 40.5 Å². The molecule has 3 fully saturated rings. The summed E-state index contributed by atoms with van der Waals surface area (Å²) < 4.78 is 0. The van der Waals surface area contributed by atoms with E-state index in [0.717, 1.165) is 49.9 Å². The average Bonchev–Trinajstić information content (AvgIpc) is 2.98. The molecule has 3 saturated carbocycles. The van der Waals surface area contributed by atoms with Crippen LogP contribution in [0.15, 0.2) is 23.3 Å². The number of rotatable bonds is 4. The predicted molar refractivity (Wildman–Crippen MR) is 120 cm³/mol. The summed E-state index contributed by atoms with van der Waals surface area (Å²) in [6.45, 7) is 11.8. The molecule has 0 aromatic rings. The van der Waals surface area contributed by atoms with Gasteiger partial charge in [0.05, 0.1) is 12.2 Å². The van der Waals surface area contributed by atoms with Crippen molar-refractivity contribution >= 4 is 0 Å². The van der Waals surface area contributed by atoms with Gasteiger partial charge in [-0.2, -0.15) is 0 Å². The van der Waals surface area contributed by atoms with E-state index in [4.69, 9.17) is 0 Å². The minimum atomic E-state index is -0.184. The number of aliphatic hydroxyl groups excluding tert-OH is 2. The molecule has 0 spiro atoms. The third-order valence-corrected chi connectivity index (χ3v) is 9.94. The van der Waals surface area contributed by atoms with E-state index in [1.54, 1.807) is 0 Å². The highest BCUT2D eigenvalue weighted by atomic mass is 16.3. The maximum atomic E-state index is 11.5. The van der Waals surface area contributed by atoms with E-state index < -0.39 is 0 Å². The van der Waals surface area contributed by atoms with Crippen molar-refractivity contribution in [2.75, 3.05) is 0 Å². The van der Waals surface area contributed by atoms with Gasteiger partial charge < -0.3 is 10.2 Å². The zero-order chi connectivity index (χ0) is 21.0.